The monoisotopic (exact) mass is 330 g/mol. The predicted molar refractivity (Wildman–Crippen MR) is 86.4 cm³/mol. The van der Waals surface area contributed by atoms with Crippen LogP contribution in [0.25, 0.3) is 0 Å². The van der Waals surface area contributed by atoms with Gasteiger partial charge in [0.25, 0.3) is 0 Å². The van der Waals surface area contributed by atoms with Crippen LogP contribution in [0.3, 0.4) is 0 Å². The summed E-state index contributed by atoms with van der Waals surface area (Å²) >= 11 is 0. The van der Waals surface area contributed by atoms with E-state index in [0.717, 1.165) is 23.0 Å². The first-order valence-electron chi connectivity index (χ1n) is 8.06. The van der Waals surface area contributed by atoms with E-state index in [9.17, 15) is 0 Å². The van der Waals surface area contributed by atoms with Crippen LogP contribution in [0, 0.1) is 0 Å². The fourth-order valence-corrected chi connectivity index (χ4v) is 4.45. The number of hydrogen-bond donors (Lipinski definition) is 0. The number of nitrogens with zero attached hydrogens (tertiary/aromatic N) is 6. The third-order valence-corrected chi connectivity index (χ3v) is 5.31. The zero-order valence-corrected chi connectivity index (χ0v) is 12.8. The van der Waals surface area contributed by atoms with Gasteiger partial charge in [0, 0.05) is 5.56 Å². The second-order valence-corrected chi connectivity index (χ2v) is 6.41. The van der Waals surface area contributed by atoms with Gasteiger partial charge in [-0.3, -0.25) is 9.80 Å². The molecule has 0 spiro atoms. The Morgan fingerprint density at radius 3 is 1.92 bits per heavy atom. The molecular weight excluding hydrogens is 320 g/mol. The van der Waals surface area contributed by atoms with E-state index in [-0.39, 0.29) is 18.4 Å². The first kappa shape index (κ1) is 12.0. The van der Waals surface area contributed by atoms with Gasteiger partial charge in [0.2, 0.25) is 0 Å². The van der Waals surface area contributed by atoms with Gasteiger partial charge in [-0.1, -0.05) is 6.07 Å². The molecule has 4 aliphatic heterocycles. The van der Waals surface area contributed by atoms with E-state index in [1.54, 1.807) is 25.0 Å². The van der Waals surface area contributed by atoms with Gasteiger partial charge in [0.15, 0.2) is 35.6 Å². The van der Waals surface area contributed by atoms with Gasteiger partial charge < -0.3 is 9.47 Å². The molecule has 0 N–H and O–H groups in total. The summed E-state index contributed by atoms with van der Waals surface area (Å²) in [5.74, 6) is 3.07. The molecule has 0 bridgehead atoms. The summed E-state index contributed by atoms with van der Waals surface area (Å²) in [6, 6.07) is 6.26. The summed E-state index contributed by atoms with van der Waals surface area (Å²) in [6.45, 7) is 0. The van der Waals surface area contributed by atoms with Crippen molar-refractivity contribution in [2.24, 2.45) is 0 Å². The molecule has 0 saturated heterocycles. The number of anilines is 4. The Hall–Kier alpha value is -3.42. The molecular formula is C17H10N6O2. The maximum atomic E-state index is 6.22. The molecule has 0 radical (unpaired) electrons. The number of fused-ring (bicyclic) bond motifs is 10. The van der Waals surface area contributed by atoms with Crippen molar-refractivity contribution in [2.45, 2.75) is 18.4 Å². The van der Waals surface area contributed by atoms with Crippen LogP contribution in [0.1, 0.15) is 11.5 Å². The summed E-state index contributed by atoms with van der Waals surface area (Å²) in [5.41, 5.74) is 3.45. The van der Waals surface area contributed by atoms with Crippen molar-refractivity contribution in [3.8, 4) is 11.5 Å². The average molecular weight is 330 g/mol. The SMILES string of the molecule is c1cc2c3c(c1)N1c4ncncc4OC1C3C1Oc3cncnc3N21. The first-order valence-corrected chi connectivity index (χ1v) is 8.06. The van der Waals surface area contributed by atoms with Gasteiger partial charge in [0.1, 0.15) is 18.6 Å². The minimum Gasteiger partial charge on any atom is -0.464 e. The quantitative estimate of drug-likeness (QED) is 0.620. The molecule has 0 fully saturated rings. The standard InChI is InChI=1S/C17H10N6O2/c1-2-8-12-9(3-1)23-15-11(5-19-7-21-15)25-17(23)13(12)16-22(8)14-10(24-16)4-18-6-20-14/h1-7,13,16-17H. The molecule has 2 unspecified atom stereocenters. The van der Waals surface area contributed by atoms with Gasteiger partial charge >= 0.3 is 0 Å². The third-order valence-electron chi connectivity index (χ3n) is 5.31. The van der Waals surface area contributed by atoms with Gasteiger partial charge in [-0.25, -0.2) is 19.9 Å². The lowest BCUT2D eigenvalue weighted by Gasteiger charge is -2.26. The number of ether oxygens (including phenoxy) is 2. The lowest BCUT2D eigenvalue weighted by molar-refractivity contribution is 0.127. The van der Waals surface area contributed by atoms with E-state index in [4.69, 9.17) is 9.47 Å². The van der Waals surface area contributed by atoms with Crippen molar-refractivity contribution >= 4 is 23.0 Å². The normalized spacial score (nSPS) is 25.7. The van der Waals surface area contributed by atoms with Crippen molar-refractivity contribution < 1.29 is 9.47 Å². The van der Waals surface area contributed by atoms with Crippen molar-refractivity contribution in [3.63, 3.8) is 0 Å². The zero-order chi connectivity index (χ0) is 16.1. The van der Waals surface area contributed by atoms with Gasteiger partial charge in [-0.15, -0.1) is 0 Å². The molecule has 8 heteroatoms. The molecule has 7 rings (SSSR count). The van der Waals surface area contributed by atoms with Crippen LogP contribution in [-0.4, -0.2) is 32.4 Å². The van der Waals surface area contributed by atoms with E-state index < -0.39 is 0 Å². The first-order chi connectivity index (χ1) is 12.4. The van der Waals surface area contributed by atoms with E-state index >= 15 is 0 Å². The number of hydrogen-bond acceptors (Lipinski definition) is 8. The van der Waals surface area contributed by atoms with Gasteiger partial charge in [0.05, 0.1) is 23.8 Å². The number of aromatic nitrogens is 4. The predicted octanol–water partition coefficient (Wildman–Crippen LogP) is 2.09. The van der Waals surface area contributed by atoms with Gasteiger partial charge in [-0.05, 0) is 12.1 Å². The van der Waals surface area contributed by atoms with E-state index in [1.807, 2.05) is 6.07 Å². The third kappa shape index (κ3) is 1.21. The second-order valence-electron chi connectivity index (χ2n) is 6.41. The van der Waals surface area contributed by atoms with E-state index in [1.165, 1.54) is 5.56 Å². The highest BCUT2D eigenvalue weighted by Crippen LogP contribution is 2.62. The molecule has 4 aliphatic rings. The molecule has 8 nitrogen and oxygen atoms in total. The van der Waals surface area contributed by atoms with Crippen molar-refractivity contribution in [1.82, 2.24) is 19.9 Å². The summed E-state index contributed by atoms with van der Waals surface area (Å²) in [6.07, 6.45) is 6.15. The smallest absolute Gasteiger partial charge is 0.190 e. The molecule has 1 aromatic carbocycles. The van der Waals surface area contributed by atoms with Crippen molar-refractivity contribution in [1.29, 1.82) is 0 Å². The Kier molecular flexibility index (Phi) is 1.83. The zero-order valence-electron chi connectivity index (χ0n) is 12.8. The molecule has 0 amide bonds. The minimum atomic E-state index is -0.194. The topological polar surface area (TPSA) is 76.5 Å². The Bertz CT molecular complexity index is 993. The number of benzene rings is 1. The number of rotatable bonds is 0. The van der Waals surface area contributed by atoms with E-state index in [2.05, 4.69) is 41.9 Å². The highest BCUT2D eigenvalue weighted by molar-refractivity contribution is 5.88. The molecule has 0 aliphatic carbocycles. The Morgan fingerprint density at radius 2 is 1.36 bits per heavy atom. The van der Waals surface area contributed by atoms with Crippen LogP contribution in [-0.2, 0) is 0 Å². The highest BCUT2D eigenvalue weighted by Gasteiger charge is 2.60. The van der Waals surface area contributed by atoms with Crippen LogP contribution >= 0.6 is 0 Å². The Morgan fingerprint density at radius 1 is 0.800 bits per heavy atom. The summed E-state index contributed by atoms with van der Waals surface area (Å²) in [5, 5.41) is 0. The second kappa shape index (κ2) is 3.80. The Balaban J connectivity index is 1.48. The van der Waals surface area contributed by atoms with Crippen LogP contribution in [0.15, 0.2) is 43.2 Å². The molecule has 120 valence electrons. The van der Waals surface area contributed by atoms with Gasteiger partial charge in [-0.2, -0.15) is 0 Å². The fourth-order valence-electron chi connectivity index (χ4n) is 4.45. The molecule has 2 aromatic heterocycles. The van der Waals surface area contributed by atoms with Crippen LogP contribution in [0.5, 0.6) is 11.5 Å². The van der Waals surface area contributed by atoms with E-state index in [0.29, 0.717) is 11.5 Å². The average Bonchev–Trinajstić information content (AvgIpc) is 3.35. The summed E-state index contributed by atoms with van der Waals surface area (Å²) < 4.78 is 12.4. The highest BCUT2D eigenvalue weighted by atomic mass is 16.5. The minimum absolute atomic E-state index is 0.0367. The maximum Gasteiger partial charge on any atom is 0.190 e. The fraction of sp³-hybridized carbons (Fsp3) is 0.176. The molecule has 6 heterocycles. The van der Waals surface area contributed by atoms with Crippen LogP contribution < -0.4 is 19.3 Å². The molecule has 25 heavy (non-hydrogen) atoms. The van der Waals surface area contributed by atoms with Crippen molar-refractivity contribution in [2.75, 3.05) is 9.80 Å². The molecule has 2 atom stereocenters. The Labute approximate surface area is 141 Å². The molecule has 3 aromatic rings. The maximum absolute atomic E-state index is 6.22. The molecule has 0 saturated carbocycles. The van der Waals surface area contributed by atoms with Crippen LogP contribution in [0.4, 0.5) is 23.0 Å². The van der Waals surface area contributed by atoms with Crippen LogP contribution in [0.2, 0.25) is 0 Å². The largest absolute Gasteiger partial charge is 0.464 e. The summed E-state index contributed by atoms with van der Waals surface area (Å²) in [4.78, 5) is 21.3. The van der Waals surface area contributed by atoms with Crippen molar-refractivity contribution in [3.05, 3.63) is 48.8 Å². The lowest BCUT2D eigenvalue weighted by Crippen LogP contribution is -2.41. The lowest BCUT2D eigenvalue weighted by atomic mass is 10.0. The summed E-state index contributed by atoms with van der Waals surface area (Å²) in [7, 11) is 0.